The van der Waals surface area contributed by atoms with E-state index in [9.17, 15) is 0 Å². The van der Waals surface area contributed by atoms with Crippen molar-refractivity contribution in [2.75, 3.05) is 7.05 Å². The van der Waals surface area contributed by atoms with Gasteiger partial charge in [-0.05, 0) is 20.4 Å². The first-order chi connectivity index (χ1) is 4.66. The van der Waals surface area contributed by atoms with E-state index in [-0.39, 0.29) is 24.2 Å². The fourth-order valence-electron chi connectivity index (χ4n) is 1.40. The van der Waals surface area contributed by atoms with Gasteiger partial charge in [0, 0.05) is 12.0 Å². The molecule has 3 heteroatoms. The Morgan fingerprint density at radius 2 is 2.10 bits per heavy atom. The van der Waals surface area contributed by atoms with E-state index in [1.807, 2.05) is 7.05 Å². The normalized spacial score (nSPS) is 37.2. The maximum Gasteiger partial charge on any atom is 0.0668 e. The van der Waals surface area contributed by atoms with Crippen LogP contribution in [0.5, 0.6) is 0 Å². The largest absolute Gasteiger partial charge is 0.393 e. The van der Waals surface area contributed by atoms with Gasteiger partial charge < -0.3 is 15.5 Å². The molecule has 0 aromatic heterocycles. The standard InChI is InChI=1S/C7H15NO2/c1-4(9)7(8-2)5-3-6(5)10/h4-10H,3H2,1-2H3/t4-,5?,6?,7?/m0/s1. The molecule has 1 saturated carbocycles. The molecule has 3 nitrogen and oxygen atoms in total. The lowest BCUT2D eigenvalue weighted by Crippen LogP contribution is -2.38. The number of hydrogen-bond acceptors (Lipinski definition) is 3. The van der Waals surface area contributed by atoms with Gasteiger partial charge in [0.2, 0.25) is 0 Å². The van der Waals surface area contributed by atoms with Crippen molar-refractivity contribution in [3.63, 3.8) is 0 Å². The van der Waals surface area contributed by atoms with E-state index < -0.39 is 0 Å². The van der Waals surface area contributed by atoms with Gasteiger partial charge in [-0.1, -0.05) is 0 Å². The number of aliphatic hydroxyl groups is 2. The van der Waals surface area contributed by atoms with Gasteiger partial charge in [0.25, 0.3) is 0 Å². The van der Waals surface area contributed by atoms with Crippen LogP contribution in [-0.2, 0) is 0 Å². The smallest absolute Gasteiger partial charge is 0.0668 e. The molecule has 0 aliphatic heterocycles. The molecule has 3 N–H and O–H groups in total. The van der Waals surface area contributed by atoms with Gasteiger partial charge in [0.05, 0.1) is 12.2 Å². The number of likely N-dealkylation sites (N-methyl/N-ethyl adjacent to an activating group) is 1. The highest BCUT2D eigenvalue weighted by Crippen LogP contribution is 2.34. The van der Waals surface area contributed by atoms with E-state index >= 15 is 0 Å². The van der Waals surface area contributed by atoms with E-state index in [4.69, 9.17) is 10.2 Å². The summed E-state index contributed by atoms with van der Waals surface area (Å²) in [6, 6.07) is 0.0648. The molecular weight excluding hydrogens is 130 g/mol. The first-order valence-corrected chi connectivity index (χ1v) is 3.70. The minimum atomic E-state index is -0.368. The van der Waals surface area contributed by atoms with Crippen LogP contribution in [0, 0.1) is 5.92 Å². The zero-order valence-corrected chi connectivity index (χ0v) is 6.41. The van der Waals surface area contributed by atoms with E-state index in [1.54, 1.807) is 6.92 Å². The van der Waals surface area contributed by atoms with E-state index in [0.29, 0.717) is 0 Å². The lowest BCUT2D eigenvalue weighted by molar-refractivity contribution is 0.124. The molecule has 1 aliphatic rings. The van der Waals surface area contributed by atoms with Gasteiger partial charge in [-0.15, -0.1) is 0 Å². The summed E-state index contributed by atoms with van der Waals surface area (Å²) < 4.78 is 0. The highest BCUT2D eigenvalue weighted by Gasteiger charge is 2.42. The van der Waals surface area contributed by atoms with E-state index in [0.717, 1.165) is 6.42 Å². The zero-order chi connectivity index (χ0) is 7.72. The third kappa shape index (κ3) is 1.48. The molecule has 10 heavy (non-hydrogen) atoms. The number of rotatable bonds is 3. The molecule has 1 rings (SSSR count). The fraction of sp³-hybridized carbons (Fsp3) is 1.00. The Labute approximate surface area is 61.1 Å². The number of nitrogens with one attached hydrogen (secondary N) is 1. The third-order valence-corrected chi connectivity index (χ3v) is 2.12. The van der Waals surface area contributed by atoms with E-state index in [1.165, 1.54) is 0 Å². The molecule has 0 heterocycles. The average Bonchev–Trinajstić information content (AvgIpc) is 2.48. The second-order valence-corrected chi connectivity index (χ2v) is 3.02. The molecular formula is C7H15NO2. The first-order valence-electron chi connectivity index (χ1n) is 3.70. The van der Waals surface area contributed by atoms with Crippen molar-refractivity contribution in [1.29, 1.82) is 0 Å². The molecule has 0 aromatic carbocycles. The fourth-order valence-corrected chi connectivity index (χ4v) is 1.40. The van der Waals surface area contributed by atoms with Crippen molar-refractivity contribution < 1.29 is 10.2 Å². The molecule has 3 unspecified atom stereocenters. The number of hydrogen-bond donors (Lipinski definition) is 3. The minimum absolute atomic E-state index is 0.0648. The van der Waals surface area contributed by atoms with Crippen molar-refractivity contribution in [2.24, 2.45) is 5.92 Å². The summed E-state index contributed by atoms with van der Waals surface area (Å²) in [4.78, 5) is 0. The van der Waals surface area contributed by atoms with Crippen molar-refractivity contribution in [1.82, 2.24) is 5.32 Å². The zero-order valence-electron chi connectivity index (χ0n) is 6.41. The van der Waals surface area contributed by atoms with Crippen LogP contribution >= 0.6 is 0 Å². The molecule has 4 atom stereocenters. The SMILES string of the molecule is CNC(C1CC1O)[C@H](C)O. The van der Waals surface area contributed by atoms with Crippen LogP contribution in [0.3, 0.4) is 0 Å². The van der Waals surface area contributed by atoms with Gasteiger partial charge in [-0.2, -0.15) is 0 Å². The Morgan fingerprint density at radius 1 is 1.60 bits per heavy atom. The van der Waals surface area contributed by atoms with Crippen LogP contribution < -0.4 is 5.32 Å². The summed E-state index contributed by atoms with van der Waals surface area (Å²) >= 11 is 0. The Morgan fingerprint density at radius 3 is 2.20 bits per heavy atom. The Hall–Kier alpha value is -0.120. The maximum atomic E-state index is 9.17. The lowest BCUT2D eigenvalue weighted by Gasteiger charge is -2.17. The Bertz CT molecular complexity index is 116. The third-order valence-electron chi connectivity index (χ3n) is 2.12. The van der Waals surface area contributed by atoms with Crippen molar-refractivity contribution in [2.45, 2.75) is 31.6 Å². The molecule has 0 bridgehead atoms. The summed E-state index contributed by atoms with van der Waals surface area (Å²) in [5.41, 5.74) is 0. The molecule has 0 radical (unpaired) electrons. The summed E-state index contributed by atoms with van der Waals surface area (Å²) in [5.74, 6) is 0.269. The van der Waals surface area contributed by atoms with Crippen LogP contribution in [-0.4, -0.2) is 35.5 Å². The summed E-state index contributed by atoms with van der Waals surface area (Å²) in [5, 5.41) is 21.2. The average molecular weight is 145 g/mol. The Kier molecular flexibility index (Phi) is 2.28. The minimum Gasteiger partial charge on any atom is -0.393 e. The van der Waals surface area contributed by atoms with Gasteiger partial charge in [-0.25, -0.2) is 0 Å². The van der Waals surface area contributed by atoms with Crippen LogP contribution in [0.2, 0.25) is 0 Å². The molecule has 0 aromatic rings. The summed E-state index contributed by atoms with van der Waals surface area (Å²) in [6.07, 6.45) is 0.273. The van der Waals surface area contributed by atoms with Crippen LogP contribution in [0.25, 0.3) is 0 Å². The topological polar surface area (TPSA) is 52.5 Å². The second kappa shape index (κ2) is 2.86. The monoisotopic (exact) mass is 145 g/mol. The van der Waals surface area contributed by atoms with Crippen LogP contribution in [0.1, 0.15) is 13.3 Å². The number of aliphatic hydroxyl groups excluding tert-OH is 2. The highest BCUT2D eigenvalue weighted by molar-refractivity contribution is 4.96. The van der Waals surface area contributed by atoms with Crippen LogP contribution in [0.4, 0.5) is 0 Å². The van der Waals surface area contributed by atoms with Crippen molar-refractivity contribution in [3.05, 3.63) is 0 Å². The van der Waals surface area contributed by atoms with Gasteiger partial charge >= 0.3 is 0 Å². The van der Waals surface area contributed by atoms with Gasteiger partial charge in [0.15, 0.2) is 0 Å². The van der Waals surface area contributed by atoms with Crippen LogP contribution in [0.15, 0.2) is 0 Å². The summed E-state index contributed by atoms with van der Waals surface area (Å²) in [7, 11) is 1.81. The predicted molar refractivity (Wildman–Crippen MR) is 38.6 cm³/mol. The summed E-state index contributed by atoms with van der Waals surface area (Å²) in [6.45, 7) is 1.74. The van der Waals surface area contributed by atoms with E-state index in [2.05, 4.69) is 5.32 Å². The molecule has 60 valence electrons. The van der Waals surface area contributed by atoms with Crippen molar-refractivity contribution >= 4 is 0 Å². The maximum absolute atomic E-state index is 9.17. The molecule has 1 aliphatic carbocycles. The Balaban J connectivity index is 2.34. The van der Waals surface area contributed by atoms with Crippen molar-refractivity contribution in [3.8, 4) is 0 Å². The lowest BCUT2D eigenvalue weighted by atomic mass is 10.1. The molecule has 0 amide bonds. The van der Waals surface area contributed by atoms with Gasteiger partial charge in [-0.3, -0.25) is 0 Å². The highest BCUT2D eigenvalue weighted by atomic mass is 16.3. The van der Waals surface area contributed by atoms with Gasteiger partial charge in [0.1, 0.15) is 0 Å². The molecule has 0 saturated heterocycles. The molecule has 0 spiro atoms. The first kappa shape index (κ1) is 7.98. The predicted octanol–water partition coefficient (Wildman–Crippen LogP) is -0.664. The second-order valence-electron chi connectivity index (χ2n) is 3.02. The quantitative estimate of drug-likeness (QED) is 0.494. The molecule has 1 fully saturated rings.